The van der Waals surface area contributed by atoms with E-state index >= 15 is 0 Å². The van der Waals surface area contributed by atoms with E-state index in [2.05, 4.69) is 45.4 Å². The maximum atomic E-state index is 12.8. The summed E-state index contributed by atoms with van der Waals surface area (Å²) in [5.41, 5.74) is -7.17. The Labute approximate surface area is 467 Å². The molecule has 0 saturated carbocycles. The van der Waals surface area contributed by atoms with Gasteiger partial charge >= 0.3 is 11.9 Å². The van der Waals surface area contributed by atoms with E-state index in [0.29, 0.717) is 30.3 Å². The van der Waals surface area contributed by atoms with Gasteiger partial charge in [-0.3, -0.25) is 32.3 Å². The Hall–Kier alpha value is -8.84. The number of fused-ring (bicyclic) bond motifs is 2. The number of phenols is 2. The molecule has 0 aliphatic rings. The van der Waals surface area contributed by atoms with Crippen LogP contribution >= 0.6 is 11.6 Å². The second-order valence-electron chi connectivity index (χ2n) is 16.6. The number of hydrogen-bond acceptors (Lipinski definition) is 23. The molecule has 8 aromatic rings. The summed E-state index contributed by atoms with van der Waals surface area (Å²) in [5.74, 6) is -6.27. The third-order valence-electron chi connectivity index (χ3n) is 11.2. The molecule has 40 heteroatoms. The molecule has 83 heavy (non-hydrogen) atoms. The van der Waals surface area contributed by atoms with E-state index in [4.69, 9.17) is 11.6 Å². The molecular weight excluding hydrogens is 1250 g/mol. The molecule has 0 aliphatic heterocycles. The molecule has 7 aromatic carbocycles. The predicted molar refractivity (Wildman–Crippen MR) is 279 cm³/mol. The van der Waals surface area contributed by atoms with Gasteiger partial charge in [-0.25, -0.2) is 19.6 Å². The number of aromatic amines is 2. The molecule has 0 fully saturated rings. The van der Waals surface area contributed by atoms with E-state index < -0.39 is 191 Å². The standard InChI is InChI=1S/C43H28ClN9O24S6/c44-41-47-42(45-21-2-1-3-22(14-21)78(60,61)62)49-43(48-41)46-29-15-23(79(63,64)65)8-19-12-31(82(72,73)74)35(37(54)33(19)29)52-50-27-6-4-17(10-25(27)39(56)57)18-5-7-28(26(11-18)40(58)59)51-53-36-32(83(75,76)77)13-20-9-24(80(66,67)68)16-30(81(69,70)71)34(20)38(36)55/h1-16,54-55H,(H,56,57)(H,58,59)(H,60,61,62)(H,63,64,65)(H,66,67,68)(H,69,70,71)(H,72,73,74)(H,75,76,77)(H2,45,46,47,48,49). The zero-order valence-electron chi connectivity index (χ0n) is 39.9. The lowest BCUT2D eigenvalue weighted by Gasteiger charge is -2.13. The summed E-state index contributed by atoms with van der Waals surface area (Å²) in [6.07, 6.45) is 0. The fraction of sp³-hybridized carbons (Fsp3) is 0. The highest BCUT2D eigenvalue weighted by Crippen LogP contribution is 2.47. The largest absolute Gasteiger partial charge is 0.505 e. The average molecular weight is 1280 g/mol. The van der Waals surface area contributed by atoms with Gasteiger partial charge in [-0.2, -0.15) is 55.5 Å². The number of H-pyrrole nitrogens is 2. The van der Waals surface area contributed by atoms with Gasteiger partial charge in [-0.15, -0.1) is 20.5 Å². The van der Waals surface area contributed by atoms with Crippen molar-refractivity contribution < 1.29 is 108 Å². The number of carboxylic acids is 2. The number of nitrogens with one attached hydrogen (secondary N) is 2. The summed E-state index contributed by atoms with van der Waals surface area (Å²) >= 11 is 6.14. The van der Waals surface area contributed by atoms with Crippen molar-refractivity contribution in [2.24, 2.45) is 30.4 Å². The molecule has 0 unspecified atom stereocenters. The predicted octanol–water partition coefficient (Wildman–Crippen LogP) is 5.95. The van der Waals surface area contributed by atoms with Crippen LogP contribution in [0.15, 0.2) is 157 Å². The smallest absolute Gasteiger partial charge is 0.337 e. The highest BCUT2D eigenvalue weighted by molar-refractivity contribution is 7.87. The normalized spacial score (nSPS) is 13.4. The van der Waals surface area contributed by atoms with Gasteiger partial charge in [0.15, 0.2) is 11.5 Å². The first-order valence-corrected chi connectivity index (χ1v) is 30.5. The zero-order chi connectivity index (χ0) is 61.3. The van der Waals surface area contributed by atoms with Crippen LogP contribution in [0.5, 0.6) is 11.5 Å². The lowest BCUT2D eigenvalue weighted by molar-refractivity contribution is 0.0686. The van der Waals surface area contributed by atoms with Crippen LogP contribution in [-0.4, -0.2) is 125 Å². The van der Waals surface area contributed by atoms with E-state index in [1.807, 2.05) is 0 Å². The van der Waals surface area contributed by atoms with Gasteiger partial charge < -0.3 is 25.4 Å². The third kappa shape index (κ3) is 12.9. The molecule has 0 bridgehead atoms. The number of benzene rings is 7. The van der Waals surface area contributed by atoms with Crippen LogP contribution < -0.4 is 11.2 Å². The Morgan fingerprint density at radius 2 is 0.916 bits per heavy atom. The first kappa shape index (κ1) is 60.3. The van der Waals surface area contributed by atoms with Crippen molar-refractivity contribution in [1.82, 2.24) is 15.0 Å². The van der Waals surface area contributed by atoms with E-state index in [-0.39, 0.29) is 22.9 Å². The molecule has 432 valence electrons. The summed E-state index contributed by atoms with van der Waals surface area (Å²) in [6, 6.07) is 13.2. The topological polar surface area (TPSA) is 560 Å². The van der Waals surface area contributed by atoms with Crippen molar-refractivity contribution in [3.05, 3.63) is 125 Å². The molecule has 0 amide bonds. The number of carbonyl (C=O) groups is 2. The number of aromatic carboxylic acids is 2. The SMILES string of the molecule is O=C(O)c1cc(-c2ccc(N=Nc3c(S(=O)(=O)O)cc4cc(S(=O)(=O)O)cc(S(=O)(=O)O)c4c3O)c(C(=O)O)c2)ccc1N=Nc1c(S(=O)(=O)O)cc2cc(S(=O)(=O)O)cc(N=c3[nH]c(Cl)nc(=Nc4cccc(S(=O)(=O)O)c4)[nH]3)c2c1O. The van der Waals surface area contributed by atoms with Crippen LogP contribution in [-0.2, 0) is 60.7 Å². The second-order valence-corrected chi connectivity index (χ2v) is 25.4. The molecule has 0 radical (unpaired) electrons. The van der Waals surface area contributed by atoms with Crippen LogP contribution in [0.3, 0.4) is 0 Å². The number of nitrogens with zero attached hydrogens (tertiary/aromatic N) is 7. The Morgan fingerprint density at radius 1 is 0.458 bits per heavy atom. The van der Waals surface area contributed by atoms with E-state index in [9.17, 15) is 108 Å². The van der Waals surface area contributed by atoms with E-state index in [1.165, 1.54) is 12.1 Å². The van der Waals surface area contributed by atoms with Crippen LogP contribution in [0.25, 0.3) is 32.7 Å². The zero-order valence-corrected chi connectivity index (χ0v) is 45.5. The van der Waals surface area contributed by atoms with Crippen LogP contribution in [0.4, 0.5) is 34.1 Å². The Bertz CT molecular complexity index is 5150. The first-order chi connectivity index (χ1) is 38.3. The summed E-state index contributed by atoms with van der Waals surface area (Å²) in [6.45, 7) is 0. The van der Waals surface area contributed by atoms with Gasteiger partial charge in [0.2, 0.25) is 16.5 Å². The monoisotopic (exact) mass is 1280 g/mol. The third-order valence-corrected chi connectivity index (χ3v) is 16.5. The second kappa shape index (κ2) is 21.5. The van der Waals surface area contributed by atoms with Crippen molar-refractivity contribution in [2.75, 3.05) is 0 Å². The molecular formula is C43H28ClN9O24S6. The molecule has 1 aromatic heterocycles. The van der Waals surface area contributed by atoms with Gasteiger partial charge in [0.05, 0.1) is 42.6 Å². The Kier molecular flexibility index (Phi) is 15.6. The maximum absolute atomic E-state index is 12.8. The van der Waals surface area contributed by atoms with Gasteiger partial charge in [0.1, 0.15) is 37.4 Å². The minimum atomic E-state index is -5.53. The summed E-state index contributed by atoms with van der Waals surface area (Å²) in [5, 5.41) is 54.5. The van der Waals surface area contributed by atoms with Crippen LogP contribution in [0, 0.1) is 0 Å². The minimum Gasteiger partial charge on any atom is -0.505 e. The minimum absolute atomic E-state index is 0.115. The van der Waals surface area contributed by atoms with Gasteiger partial charge in [0.25, 0.3) is 60.7 Å². The molecule has 0 atom stereocenters. The molecule has 1 heterocycles. The number of hydrogen-bond donors (Lipinski definition) is 12. The lowest BCUT2D eigenvalue weighted by Crippen LogP contribution is -2.26. The van der Waals surface area contributed by atoms with Crippen LogP contribution in [0.2, 0.25) is 5.28 Å². The lowest BCUT2D eigenvalue weighted by atomic mass is 9.99. The van der Waals surface area contributed by atoms with Crippen molar-refractivity contribution in [2.45, 2.75) is 29.4 Å². The summed E-state index contributed by atoms with van der Waals surface area (Å²) < 4.78 is 206. The molecule has 0 saturated heterocycles. The van der Waals surface area contributed by atoms with Crippen molar-refractivity contribution in [3.8, 4) is 22.6 Å². The molecule has 8 rings (SSSR count). The number of phenolic OH excluding ortho intramolecular Hbond substituents is 2. The summed E-state index contributed by atoms with van der Waals surface area (Å²) in [4.78, 5) is 35.5. The number of azo groups is 2. The number of rotatable bonds is 15. The average Bonchev–Trinajstić information content (AvgIpc) is 1.74. The highest BCUT2D eigenvalue weighted by atomic mass is 35.5. The van der Waals surface area contributed by atoms with Crippen molar-refractivity contribution in [1.29, 1.82) is 0 Å². The fourth-order valence-corrected chi connectivity index (χ4v) is 11.5. The summed E-state index contributed by atoms with van der Waals surface area (Å²) in [7, 11) is -31.7. The Morgan fingerprint density at radius 3 is 1.37 bits per heavy atom. The van der Waals surface area contributed by atoms with Crippen molar-refractivity contribution >= 4 is 140 Å². The van der Waals surface area contributed by atoms with Crippen molar-refractivity contribution in [3.63, 3.8) is 0 Å². The quantitative estimate of drug-likeness (QED) is 0.0417. The highest BCUT2D eigenvalue weighted by Gasteiger charge is 2.30. The fourth-order valence-electron chi connectivity index (χ4n) is 7.64. The molecule has 0 aliphatic carbocycles. The van der Waals surface area contributed by atoms with Gasteiger partial charge in [-0.05, 0) is 112 Å². The first-order valence-electron chi connectivity index (χ1n) is 21.5. The number of carboxylic acid groups (broad SMARTS) is 2. The number of halogens is 1. The van der Waals surface area contributed by atoms with Gasteiger partial charge in [-0.1, -0.05) is 18.2 Å². The maximum Gasteiger partial charge on any atom is 0.337 e. The van der Waals surface area contributed by atoms with E-state index in [1.54, 1.807) is 0 Å². The number of aromatic hydroxyl groups is 2. The number of aromatic nitrogens is 3. The van der Waals surface area contributed by atoms with E-state index in [0.717, 1.165) is 48.5 Å². The van der Waals surface area contributed by atoms with Gasteiger partial charge in [0, 0.05) is 5.39 Å². The molecule has 33 nitrogen and oxygen atoms in total. The Balaban J connectivity index is 1.23. The molecule has 12 N–H and O–H groups in total. The molecule has 0 spiro atoms. The van der Waals surface area contributed by atoms with Crippen LogP contribution in [0.1, 0.15) is 20.7 Å².